The highest BCUT2D eigenvalue weighted by Crippen LogP contribution is 2.48. The Morgan fingerprint density at radius 2 is 1.97 bits per heavy atom. The minimum absolute atomic E-state index is 0.0644. The second-order valence-electron chi connectivity index (χ2n) is 10.2. The molecule has 2 fully saturated rings. The van der Waals surface area contributed by atoms with Gasteiger partial charge in [0.1, 0.15) is 17.2 Å². The summed E-state index contributed by atoms with van der Waals surface area (Å²) in [5.41, 5.74) is 13.5. The predicted octanol–water partition coefficient (Wildman–Crippen LogP) is 3.51. The molecule has 5 N–H and O–H groups in total. The minimum atomic E-state index is -0.939. The SMILES string of the molecule is Cn1nc(C(C)(C)C)cc1C(=O)O.NC[C@@H]1C[C@@H]2C[C@@H]2N1C(=O)c1nc(N)sc1-c1cccc(F)c1. The van der Waals surface area contributed by atoms with E-state index < -0.39 is 5.97 Å². The Morgan fingerprint density at radius 3 is 2.53 bits per heavy atom. The molecular formula is C25H31FN6O3S. The van der Waals surface area contributed by atoms with Gasteiger partial charge < -0.3 is 21.5 Å². The number of carbonyl (C=O) groups excluding carboxylic acids is 1. The molecule has 1 aromatic carbocycles. The van der Waals surface area contributed by atoms with Gasteiger partial charge in [0.2, 0.25) is 0 Å². The molecule has 1 aliphatic carbocycles. The lowest BCUT2D eigenvalue weighted by Gasteiger charge is -2.26. The summed E-state index contributed by atoms with van der Waals surface area (Å²) in [6, 6.07) is 8.10. The molecular weight excluding hydrogens is 483 g/mol. The lowest BCUT2D eigenvalue weighted by molar-refractivity contribution is 0.0681. The van der Waals surface area contributed by atoms with Gasteiger partial charge in [0, 0.05) is 31.1 Å². The van der Waals surface area contributed by atoms with Crippen LogP contribution >= 0.6 is 11.3 Å². The number of aromatic nitrogens is 3. The molecule has 0 spiro atoms. The van der Waals surface area contributed by atoms with Crippen molar-refractivity contribution in [1.82, 2.24) is 19.7 Å². The second kappa shape index (κ2) is 9.62. The predicted molar refractivity (Wildman–Crippen MR) is 136 cm³/mol. The van der Waals surface area contributed by atoms with Gasteiger partial charge in [-0.05, 0) is 42.5 Å². The number of carbonyl (C=O) groups is 2. The minimum Gasteiger partial charge on any atom is -0.477 e. The van der Waals surface area contributed by atoms with Gasteiger partial charge in [0.15, 0.2) is 5.13 Å². The number of amides is 1. The molecule has 1 amide bonds. The summed E-state index contributed by atoms with van der Waals surface area (Å²) in [5.74, 6) is -0.861. The summed E-state index contributed by atoms with van der Waals surface area (Å²) in [6.07, 6.45) is 2.00. The fourth-order valence-corrected chi connectivity index (χ4v) is 5.37. The maximum atomic E-state index is 13.5. The average Bonchev–Trinajstić information content (AvgIpc) is 3.11. The molecule has 1 aliphatic heterocycles. The summed E-state index contributed by atoms with van der Waals surface area (Å²) in [7, 11) is 1.64. The summed E-state index contributed by atoms with van der Waals surface area (Å²) < 4.78 is 14.9. The Labute approximate surface area is 212 Å². The first-order chi connectivity index (χ1) is 16.9. The third-order valence-electron chi connectivity index (χ3n) is 6.52. The zero-order valence-electron chi connectivity index (χ0n) is 20.7. The number of halogens is 1. The van der Waals surface area contributed by atoms with E-state index in [1.54, 1.807) is 25.2 Å². The number of rotatable bonds is 4. The Hall–Kier alpha value is -3.31. The molecule has 3 atom stereocenters. The van der Waals surface area contributed by atoms with Crippen molar-refractivity contribution < 1.29 is 19.1 Å². The van der Waals surface area contributed by atoms with Crippen LogP contribution in [0, 0.1) is 11.7 Å². The quantitative estimate of drug-likeness (QED) is 0.484. The lowest BCUT2D eigenvalue weighted by atomic mass is 9.92. The number of aryl methyl sites for hydroxylation is 1. The largest absolute Gasteiger partial charge is 0.477 e. The molecule has 1 saturated heterocycles. The fraction of sp³-hybridized carbons (Fsp3) is 0.440. The van der Waals surface area contributed by atoms with Crippen molar-refractivity contribution in [1.29, 1.82) is 0 Å². The van der Waals surface area contributed by atoms with Gasteiger partial charge in [-0.2, -0.15) is 5.10 Å². The molecule has 2 aliphatic rings. The van der Waals surface area contributed by atoms with Gasteiger partial charge in [-0.25, -0.2) is 14.2 Å². The molecule has 9 nitrogen and oxygen atoms in total. The van der Waals surface area contributed by atoms with Crippen molar-refractivity contribution in [2.24, 2.45) is 18.7 Å². The molecule has 192 valence electrons. The molecule has 2 aromatic heterocycles. The number of hydrogen-bond donors (Lipinski definition) is 3. The van der Waals surface area contributed by atoms with Crippen LogP contribution in [-0.4, -0.2) is 55.3 Å². The molecule has 0 radical (unpaired) electrons. The lowest BCUT2D eigenvalue weighted by Crippen LogP contribution is -2.42. The number of hydrogen-bond acceptors (Lipinski definition) is 7. The summed E-state index contributed by atoms with van der Waals surface area (Å²) in [5, 5.41) is 13.2. The van der Waals surface area contributed by atoms with Crippen LogP contribution in [0.3, 0.4) is 0 Å². The number of nitrogens with two attached hydrogens (primary N) is 2. The average molecular weight is 515 g/mol. The van der Waals surface area contributed by atoms with Crippen molar-refractivity contribution in [3.05, 3.63) is 53.2 Å². The first-order valence-electron chi connectivity index (χ1n) is 11.7. The molecule has 1 saturated carbocycles. The third kappa shape index (κ3) is 5.12. The number of nitrogen functional groups attached to an aromatic ring is 1. The normalized spacial score (nSPS) is 20.5. The third-order valence-corrected chi connectivity index (χ3v) is 7.45. The number of fused-ring (bicyclic) bond motifs is 1. The van der Waals surface area contributed by atoms with E-state index in [2.05, 4.69) is 10.1 Å². The molecule has 36 heavy (non-hydrogen) atoms. The van der Waals surface area contributed by atoms with Crippen LogP contribution in [0.5, 0.6) is 0 Å². The van der Waals surface area contributed by atoms with Gasteiger partial charge in [-0.3, -0.25) is 9.48 Å². The van der Waals surface area contributed by atoms with Crippen LogP contribution in [0.4, 0.5) is 9.52 Å². The number of anilines is 1. The summed E-state index contributed by atoms with van der Waals surface area (Å²) in [6.45, 7) is 6.45. The van der Waals surface area contributed by atoms with Crippen molar-refractivity contribution in [3.8, 4) is 10.4 Å². The van der Waals surface area contributed by atoms with Crippen molar-refractivity contribution >= 4 is 28.3 Å². The number of aromatic carboxylic acids is 1. The number of thiazole rings is 1. The van der Waals surface area contributed by atoms with Gasteiger partial charge in [-0.15, -0.1) is 0 Å². The van der Waals surface area contributed by atoms with Crippen molar-refractivity contribution in [2.45, 2.75) is 51.1 Å². The molecule has 11 heteroatoms. The highest BCUT2D eigenvalue weighted by Gasteiger charge is 2.54. The smallest absolute Gasteiger partial charge is 0.354 e. The van der Waals surface area contributed by atoms with Crippen LogP contribution in [0.2, 0.25) is 0 Å². The van der Waals surface area contributed by atoms with E-state index in [4.69, 9.17) is 16.6 Å². The maximum Gasteiger partial charge on any atom is 0.354 e. The zero-order valence-corrected chi connectivity index (χ0v) is 21.6. The molecule has 3 heterocycles. The summed E-state index contributed by atoms with van der Waals surface area (Å²) >= 11 is 1.21. The molecule has 3 aromatic rings. The number of benzene rings is 1. The highest BCUT2D eigenvalue weighted by molar-refractivity contribution is 7.19. The maximum absolute atomic E-state index is 13.5. The van der Waals surface area contributed by atoms with E-state index in [0.29, 0.717) is 33.7 Å². The Kier molecular flexibility index (Phi) is 6.89. The zero-order chi connectivity index (χ0) is 26.4. The summed E-state index contributed by atoms with van der Waals surface area (Å²) in [4.78, 5) is 30.4. The van der Waals surface area contributed by atoms with E-state index in [1.165, 1.54) is 28.2 Å². The number of carboxylic acid groups (broad SMARTS) is 1. The first-order valence-corrected chi connectivity index (χ1v) is 12.5. The molecule has 0 bridgehead atoms. The van der Waals surface area contributed by atoms with Crippen LogP contribution in [0.1, 0.15) is 60.3 Å². The van der Waals surface area contributed by atoms with Crippen LogP contribution in [0.25, 0.3) is 10.4 Å². The van der Waals surface area contributed by atoms with Crippen molar-refractivity contribution in [2.75, 3.05) is 12.3 Å². The molecule has 0 unspecified atom stereocenters. The Morgan fingerprint density at radius 1 is 1.25 bits per heavy atom. The van der Waals surface area contributed by atoms with E-state index >= 15 is 0 Å². The Balaban J connectivity index is 0.000000200. The highest BCUT2D eigenvalue weighted by atomic mass is 32.1. The van der Waals surface area contributed by atoms with Gasteiger partial charge in [0.05, 0.1) is 10.6 Å². The fourth-order valence-electron chi connectivity index (χ4n) is 4.55. The van der Waals surface area contributed by atoms with E-state index in [0.717, 1.165) is 18.5 Å². The standard InChI is InChI=1S/C16H17FN4OS.C9H14N2O2/c17-10-3-1-2-8(4-10)14-13(20-16(19)23-14)15(22)21-11(7-18)5-9-6-12(9)21;1-9(2,3)7-5-6(8(12)13)11(4)10-7/h1-4,9,11-12H,5-7,18H2,(H2,19,20);5H,1-4H3,(H,12,13)/t9-,11+,12+;/m1./s1. The Bertz CT molecular complexity index is 1300. The topological polar surface area (TPSA) is 140 Å². The van der Waals surface area contributed by atoms with Gasteiger partial charge >= 0.3 is 5.97 Å². The van der Waals surface area contributed by atoms with E-state index in [-0.39, 0.29) is 34.9 Å². The van der Waals surface area contributed by atoms with Crippen LogP contribution < -0.4 is 11.5 Å². The monoisotopic (exact) mass is 514 g/mol. The number of piperidine rings is 1. The number of carboxylic acids is 1. The van der Waals surface area contributed by atoms with Gasteiger partial charge in [-0.1, -0.05) is 44.2 Å². The van der Waals surface area contributed by atoms with E-state index in [1.807, 2.05) is 25.7 Å². The van der Waals surface area contributed by atoms with Crippen molar-refractivity contribution in [3.63, 3.8) is 0 Å². The first kappa shape index (κ1) is 25.8. The number of nitrogens with zero attached hydrogens (tertiary/aromatic N) is 4. The van der Waals surface area contributed by atoms with Gasteiger partial charge in [0.25, 0.3) is 5.91 Å². The van der Waals surface area contributed by atoms with Crippen LogP contribution in [-0.2, 0) is 12.5 Å². The van der Waals surface area contributed by atoms with Crippen LogP contribution in [0.15, 0.2) is 30.3 Å². The van der Waals surface area contributed by atoms with E-state index in [9.17, 15) is 14.0 Å². The number of likely N-dealkylation sites (tertiary alicyclic amines) is 1. The molecule has 5 rings (SSSR count). The second-order valence-corrected chi connectivity index (χ2v) is 11.3.